The summed E-state index contributed by atoms with van der Waals surface area (Å²) in [5, 5.41) is 11.0. The highest BCUT2D eigenvalue weighted by Gasteiger charge is 2.32. The molecule has 0 aliphatic heterocycles. The number of alkyl halides is 3. The second kappa shape index (κ2) is 6.42. The van der Waals surface area contributed by atoms with E-state index in [-0.39, 0.29) is 13.0 Å². The molecule has 0 saturated carbocycles. The predicted molar refractivity (Wildman–Crippen MR) is 65.8 cm³/mol. The first-order chi connectivity index (χ1) is 9.66. The molecule has 0 bridgehead atoms. The average Bonchev–Trinajstić information content (AvgIpc) is 2.37. The summed E-state index contributed by atoms with van der Waals surface area (Å²) in [4.78, 5) is 35.4. The van der Waals surface area contributed by atoms with Gasteiger partial charge in [0.2, 0.25) is 0 Å². The van der Waals surface area contributed by atoms with Gasteiger partial charge in [-0.05, 0) is 18.6 Å². The average molecular weight is 306 g/mol. The molecule has 21 heavy (non-hydrogen) atoms. The number of aliphatic carboxylic acids is 1. The van der Waals surface area contributed by atoms with E-state index in [0.717, 1.165) is 6.07 Å². The van der Waals surface area contributed by atoms with Crippen LogP contribution >= 0.6 is 0 Å². The van der Waals surface area contributed by atoms with Crippen LogP contribution in [-0.2, 0) is 11.0 Å². The number of pyridine rings is 1. The molecule has 1 amide bonds. The number of nitrogens with one attached hydrogen (secondary N) is 2. The van der Waals surface area contributed by atoms with E-state index in [1.54, 1.807) is 11.9 Å². The molecule has 1 aromatic rings. The molecule has 1 atom stereocenters. The zero-order chi connectivity index (χ0) is 16.2. The van der Waals surface area contributed by atoms with Crippen LogP contribution in [0.5, 0.6) is 0 Å². The van der Waals surface area contributed by atoms with Crippen LogP contribution in [0.25, 0.3) is 0 Å². The summed E-state index contributed by atoms with van der Waals surface area (Å²) in [6.07, 6.45) is -4.45. The molecule has 0 fully saturated rings. The van der Waals surface area contributed by atoms with Gasteiger partial charge >= 0.3 is 12.1 Å². The normalized spacial score (nSPS) is 12.8. The molecule has 1 heterocycles. The summed E-state index contributed by atoms with van der Waals surface area (Å²) in [5.41, 5.74) is -2.96. The first kappa shape index (κ1) is 16.7. The fourth-order valence-electron chi connectivity index (χ4n) is 1.54. The van der Waals surface area contributed by atoms with Crippen molar-refractivity contribution in [2.24, 2.45) is 5.92 Å². The number of H-pyrrole nitrogens is 1. The highest BCUT2D eigenvalue weighted by molar-refractivity contribution is 5.94. The maximum Gasteiger partial charge on any atom is 0.431 e. The minimum atomic E-state index is -4.72. The summed E-state index contributed by atoms with van der Waals surface area (Å²) in [7, 11) is 0. The van der Waals surface area contributed by atoms with Gasteiger partial charge in [-0.3, -0.25) is 14.4 Å². The number of carboxylic acids is 1. The molecule has 0 radical (unpaired) electrons. The minimum absolute atomic E-state index is 0.217. The second-order valence-corrected chi connectivity index (χ2v) is 4.27. The number of halogens is 3. The number of hydrogen-bond acceptors (Lipinski definition) is 3. The van der Waals surface area contributed by atoms with Crippen LogP contribution in [0.1, 0.15) is 29.4 Å². The van der Waals surface area contributed by atoms with Crippen molar-refractivity contribution in [1.29, 1.82) is 0 Å². The van der Waals surface area contributed by atoms with Crippen LogP contribution in [0.4, 0.5) is 13.2 Å². The summed E-state index contributed by atoms with van der Waals surface area (Å²) >= 11 is 0. The first-order valence-corrected chi connectivity index (χ1v) is 5.98. The molecule has 3 N–H and O–H groups in total. The number of carbonyl (C=O) groups is 2. The summed E-state index contributed by atoms with van der Waals surface area (Å²) < 4.78 is 37.1. The zero-order valence-electron chi connectivity index (χ0n) is 11.0. The van der Waals surface area contributed by atoms with Gasteiger partial charge in [-0.1, -0.05) is 6.92 Å². The molecule has 0 aliphatic rings. The van der Waals surface area contributed by atoms with E-state index in [4.69, 9.17) is 5.11 Å². The van der Waals surface area contributed by atoms with Crippen molar-refractivity contribution in [2.75, 3.05) is 6.54 Å². The van der Waals surface area contributed by atoms with E-state index in [2.05, 4.69) is 5.32 Å². The lowest BCUT2D eigenvalue weighted by Gasteiger charge is -2.11. The van der Waals surface area contributed by atoms with Crippen molar-refractivity contribution in [3.63, 3.8) is 0 Å². The maximum atomic E-state index is 12.4. The largest absolute Gasteiger partial charge is 0.481 e. The van der Waals surface area contributed by atoms with E-state index in [9.17, 15) is 27.6 Å². The van der Waals surface area contributed by atoms with E-state index in [0.29, 0.717) is 6.07 Å². The van der Waals surface area contributed by atoms with Gasteiger partial charge in [0, 0.05) is 6.54 Å². The summed E-state index contributed by atoms with van der Waals surface area (Å²) in [6, 6.07) is 1.32. The lowest BCUT2D eigenvalue weighted by molar-refractivity contribution is -0.142. The Morgan fingerprint density at radius 2 is 2.00 bits per heavy atom. The van der Waals surface area contributed by atoms with Crippen molar-refractivity contribution in [3.8, 4) is 0 Å². The van der Waals surface area contributed by atoms with E-state index in [1.165, 1.54) is 0 Å². The molecule has 0 aromatic carbocycles. The SMILES string of the molecule is CCC(CNC(=O)c1ccc(C(F)(F)F)[nH]c1=O)C(=O)O. The summed E-state index contributed by atoms with van der Waals surface area (Å²) in [6.45, 7) is 1.39. The van der Waals surface area contributed by atoms with E-state index >= 15 is 0 Å². The fraction of sp³-hybridized carbons (Fsp3) is 0.417. The summed E-state index contributed by atoms with van der Waals surface area (Å²) in [5.74, 6) is -2.87. The lowest BCUT2D eigenvalue weighted by Crippen LogP contribution is -2.35. The van der Waals surface area contributed by atoms with Crippen LogP contribution in [0.2, 0.25) is 0 Å². The van der Waals surface area contributed by atoms with E-state index < -0.39 is 40.8 Å². The third-order valence-electron chi connectivity index (χ3n) is 2.81. The number of carbonyl (C=O) groups excluding carboxylic acids is 1. The molecule has 0 saturated heterocycles. The highest BCUT2D eigenvalue weighted by atomic mass is 19.4. The van der Waals surface area contributed by atoms with Crippen LogP contribution < -0.4 is 10.9 Å². The van der Waals surface area contributed by atoms with Crippen molar-refractivity contribution in [1.82, 2.24) is 10.3 Å². The van der Waals surface area contributed by atoms with Crippen LogP contribution in [0, 0.1) is 5.92 Å². The van der Waals surface area contributed by atoms with Gasteiger partial charge < -0.3 is 15.4 Å². The number of aromatic nitrogens is 1. The molecule has 9 heteroatoms. The van der Waals surface area contributed by atoms with E-state index in [1.807, 2.05) is 0 Å². The fourth-order valence-corrected chi connectivity index (χ4v) is 1.54. The minimum Gasteiger partial charge on any atom is -0.481 e. The predicted octanol–water partition coefficient (Wildman–Crippen LogP) is 1.23. The number of amides is 1. The Bertz CT molecular complexity index is 595. The molecule has 0 aliphatic carbocycles. The standard InChI is InChI=1S/C12H13F3N2O4/c1-2-6(11(20)21)5-16-9(18)7-3-4-8(12(13,14)15)17-10(7)19/h3-4,6H,2,5H2,1H3,(H,16,18)(H,17,19)(H,20,21). The Labute approximate surface area is 117 Å². The number of carboxylic acid groups (broad SMARTS) is 1. The van der Waals surface area contributed by atoms with Crippen molar-refractivity contribution < 1.29 is 27.9 Å². The van der Waals surface area contributed by atoms with Gasteiger partial charge in [0.25, 0.3) is 11.5 Å². The third-order valence-corrected chi connectivity index (χ3v) is 2.81. The Kier molecular flexibility index (Phi) is 5.12. The highest BCUT2D eigenvalue weighted by Crippen LogP contribution is 2.26. The topological polar surface area (TPSA) is 99.3 Å². The molecule has 1 aromatic heterocycles. The monoisotopic (exact) mass is 306 g/mol. The van der Waals surface area contributed by atoms with Crippen LogP contribution in [0.3, 0.4) is 0 Å². The van der Waals surface area contributed by atoms with Gasteiger partial charge in [0.05, 0.1) is 5.92 Å². The molecule has 1 rings (SSSR count). The number of aromatic amines is 1. The Morgan fingerprint density at radius 1 is 1.38 bits per heavy atom. The smallest absolute Gasteiger partial charge is 0.431 e. The lowest BCUT2D eigenvalue weighted by atomic mass is 10.1. The third kappa shape index (κ3) is 4.33. The van der Waals surface area contributed by atoms with Crippen molar-refractivity contribution in [2.45, 2.75) is 19.5 Å². The molecular formula is C12H13F3N2O4. The Hall–Kier alpha value is -2.32. The van der Waals surface area contributed by atoms with Crippen molar-refractivity contribution >= 4 is 11.9 Å². The number of rotatable bonds is 5. The van der Waals surface area contributed by atoms with Crippen LogP contribution in [-0.4, -0.2) is 28.5 Å². The van der Waals surface area contributed by atoms with Gasteiger partial charge in [0.15, 0.2) is 0 Å². The van der Waals surface area contributed by atoms with Gasteiger partial charge in [-0.15, -0.1) is 0 Å². The van der Waals surface area contributed by atoms with Crippen molar-refractivity contribution in [3.05, 3.63) is 33.7 Å². The zero-order valence-corrected chi connectivity index (χ0v) is 11.0. The molecular weight excluding hydrogens is 293 g/mol. The van der Waals surface area contributed by atoms with Crippen LogP contribution in [0.15, 0.2) is 16.9 Å². The first-order valence-electron chi connectivity index (χ1n) is 5.98. The Morgan fingerprint density at radius 3 is 2.43 bits per heavy atom. The van der Waals surface area contributed by atoms with Gasteiger partial charge in [-0.25, -0.2) is 0 Å². The van der Waals surface area contributed by atoms with Gasteiger partial charge in [0.1, 0.15) is 11.3 Å². The van der Waals surface area contributed by atoms with Gasteiger partial charge in [-0.2, -0.15) is 13.2 Å². The molecule has 1 unspecified atom stereocenters. The Balaban J connectivity index is 2.85. The number of hydrogen-bond donors (Lipinski definition) is 3. The molecule has 116 valence electrons. The maximum absolute atomic E-state index is 12.4. The molecule has 0 spiro atoms. The second-order valence-electron chi connectivity index (χ2n) is 4.27. The quantitative estimate of drug-likeness (QED) is 0.762. The molecule has 6 nitrogen and oxygen atoms in total.